The van der Waals surface area contributed by atoms with E-state index in [1.165, 1.54) is 13.0 Å². The molecule has 162 valence electrons. The largest absolute Gasteiger partial charge is 0.508 e. The predicted molar refractivity (Wildman–Crippen MR) is 106 cm³/mol. The van der Waals surface area contributed by atoms with Crippen molar-refractivity contribution < 1.29 is 39.6 Å². The van der Waals surface area contributed by atoms with Crippen LogP contribution in [0.5, 0.6) is 5.75 Å². The lowest BCUT2D eigenvalue weighted by atomic mass is 9.59. The summed E-state index contributed by atoms with van der Waals surface area (Å²) < 4.78 is 0. The Labute approximate surface area is 175 Å². The third-order valence-corrected chi connectivity index (χ3v) is 6.25. The van der Waals surface area contributed by atoms with Gasteiger partial charge >= 0.3 is 0 Å². The maximum absolute atomic E-state index is 13.3. The molecule has 3 unspecified atom stereocenters. The predicted octanol–water partition coefficient (Wildman–Crippen LogP) is 0.382. The van der Waals surface area contributed by atoms with Crippen molar-refractivity contribution in [1.29, 1.82) is 0 Å². The number of hydrogen-bond donors (Lipinski definition) is 6. The number of rotatable bonds is 2. The van der Waals surface area contributed by atoms with E-state index < -0.39 is 63.7 Å². The Balaban J connectivity index is 1.90. The van der Waals surface area contributed by atoms with Crippen molar-refractivity contribution in [3.63, 3.8) is 0 Å². The number of nitrogens with two attached hydrogens (primary N) is 1. The van der Waals surface area contributed by atoms with Gasteiger partial charge in [-0.2, -0.15) is 0 Å². The molecule has 0 saturated heterocycles. The van der Waals surface area contributed by atoms with Crippen LogP contribution >= 0.6 is 0 Å². The number of anilines is 1. The van der Waals surface area contributed by atoms with Gasteiger partial charge in [0.1, 0.15) is 22.8 Å². The molecule has 1 saturated carbocycles. The fraction of sp³-hybridized carbons (Fsp3) is 0.333. The number of primary amides is 1. The summed E-state index contributed by atoms with van der Waals surface area (Å²) in [7, 11) is 0. The number of fused-ring (bicyclic) bond motifs is 3. The fourth-order valence-electron chi connectivity index (χ4n) is 4.89. The van der Waals surface area contributed by atoms with Crippen LogP contribution in [0.15, 0.2) is 29.0 Å². The molecule has 3 aliphatic rings. The van der Waals surface area contributed by atoms with Gasteiger partial charge in [-0.05, 0) is 30.4 Å². The molecule has 3 atom stereocenters. The number of carbonyl (C=O) groups is 4. The van der Waals surface area contributed by atoms with Gasteiger partial charge in [-0.25, -0.2) is 0 Å². The summed E-state index contributed by atoms with van der Waals surface area (Å²) in [6.07, 6.45) is -0.0892. The maximum Gasteiger partial charge on any atom is 0.255 e. The van der Waals surface area contributed by atoms with E-state index >= 15 is 0 Å². The summed E-state index contributed by atoms with van der Waals surface area (Å²) in [5, 5.41) is 45.5. The minimum absolute atomic E-state index is 0.0266. The van der Waals surface area contributed by atoms with Crippen LogP contribution in [0, 0.1) is 11.8 Å². The summed E-state index contributed by atoms with van der Waals surface area (Å²) in [6, 6.07) is 3.06. The van der Waals surface area contributed by atoms with Gasteiger partial charge in [0.25, 0.3) is 5.91 Å². The molecule has 10 nitrogen and oxygen atoms in total. The summed E-state index contributed by atoms with van der Waals surface area (Å²) in [5.41, 5.74) is 1.95. The van der Waals surface area contributed by atoms with Gasteiger partial charge in [0, 0.05) is 24.8 Å². The molecule has 0 aliphatic heterocycles. The molecule has 0 bridgehead atoms. The van der Waals surface area contributed by atoms with Gasteiger partial charge in [-0.1, -0.05) is 6.07 Å². The zero-order valence-corrected chi connectivity index (χ0v) is 16.4. The van der Waals surface area contributed by atoms with E-state index in [0.717, 1.165) is 0 Å². The van der Waals surface area contributed by atoms with E-state index in [1.807, 2.05) is 0 Å². The average Bonchev–Trinajstić information content (AvgIpc) is 2.66. The number of Topliss-reactive ketones (excluding diaryl/α,β-unsaturated/α-hetero) is 2. The molecule has 1 aromatic carbocycles. The third kappa shape index (κ3) is 2.75. The van der Waals surface area contributed by atoms with E-state index in [0.29, 0.717) is 5.56 Å². The van der Waals surface area contributed by atoms with Crippen LogP contribution in [0.4, 0.5) is 5.69 Å². The molecule has 1 fully saturated rings. The van der Waals surface area contributed by atoms with E-state index in [9.17, 15) is 39.6 Å². The SMILES string of the molecule is CC(=O)Nc1ccc2c(c1O)C(O)=C1C(=O)C3(O)C(O)=C(C(N)=O)C(=O)CC3CC1C2. The van der Waals surface area contributed by atoms with Crippen LogP contribution < -0.4 is 11.1 Å². The average molecular weight is 428 g/mol. The summed E-state index contributed by atoms with van der Waals surface area (Å²) >= 11 is 0. The van der Waals surface area contributed by atoms with Gasteiger partial charge in [-0.3, -0.25) is 19.2 Å². The Morgan fingerprint density at radius 3 is 2.45 bits per heavy atom. The molecule has 4 rings (SSSR count). The number of aliphatic hydroxyl groups excluding tert-OH is 2. The Hall–Kier alpha value is -3.66. The Morgan fingerprint density at radius 1 is 1.16 bits per heavy atom. The normalized spacial score (nSPS) is 27.4. The highest BCUT2D eigenvalue weighted by Crippen LogP contribution is 2.52. The van der Waals surface area contributed by atoms with Crippen LogP contribution in [0.3, 0.4) is 0 Å². The van der Waals surface area contributed by atoms with Gasteiger partial charge in [0.05, 0.1) is 11.3 Å². The van der Waals surface area contributed by atoms with Crippen molar-refractivity contribution in [2.45, 2.75) is 31.8 Å². The van der Waals surface area contributed by atoms with Crippen LogP contribution in [-0.2, 0) is 25.6 Å². The summed E-state index contributed by atoms with van der Waals surface area (Å²) in [4.78, 5) is 48.6. The first-order valence-corrected chi connectivity index (χ1v) is 9.58. The monoisotopic (exact) mass is 428 g/mol. The number of amides is 2. The molecule has 0 heterocycles. The molecule has 10 heteroatoms. The maximum atomic E-state index is 13.3. The molecule has 7 N–H and O–H groups in total. The fourth-order valence-corrected chi connectivity index (χ4v) is 4.89. The topological polar surface area (TPSA) is 187 Å². The van der Waals surface area contributed by atoms with Gasteiger partial charge in [-0.15, -0.1) is 0 Å². The highest BCUT2D eigenvalue weighted by Gasteiger charge is 2.60. The number of hydrogen-bond acceptors (Lipinski definition) is 8. The highest BCUT2D eigenvalue weighted by molar-refractivity contribution is 6.22. The first-order valence-electron chi connectivity index (χ1n) is 9.58. The highest BCUT2D eigenvalue weighted by atomic mass is 16.3. The molecular formula is C21H20N2O8. The number of aromatic hydroxyl groups is 1. The number of aliphatic hydroxyl groups is 3. The molecule has 0 aromatic heterocycles. The van der Waals surface area contributed by atoms with Crippen LogP contribution in [0.25, 0.3) is 5.76 Å². The Bertz CT molecular complexity index is 1150. The van der Waals surface area contributed by atoms with E-state index in [-0.39, 0.29) is 36.1 Å². The minimum Gasteiger partial charge on any atom is -0.508 e. The quantitative estimate of drug-likeness (QED) is 0.288. The first-order chi connectivity index (χ1) is 14.5. The Kier molecular flexibility index (Phi) is 4.44. The zero-order chi connectivity index (χ0) is 22.8. The number of phenols is 1. The lowest BCUT2D eigenvalue weighted by Crippen LogP contribution is -2.58. The van der Waals surface area contributed by atoms with Crippen molar-refractivity contribution in [1.82, 2.24) is 0 Å². The van der Waals surface area contributed by atoms with E-state index in [1.54, 1.807) is 6.07 Å². The lowest BCUT2D eigenvalue weighted by Gasteiger charge is -2.46. The van der Waals surface area contributed by atoms with Gasteiger partial charge in [0.2, 0.25) is 11.7 Å². The second kappa shape index (κ2) is 6.67. The molecule has 1 aromatic rings. The lowest BCUT2D eigenvalue weighted by molar-refractivity contribution is -0.147. The van der Waals surface area contributed by atoms with Crippen LogP contribution in [0.1, 0.15) is 30.9 Å². The number of carbonyl (C=O) groups excluding carboxylic acids is 4. The van der Waals surface area contributed by atoms with Crippen molar-refractivity contribution >= 4 is 34.8 Å². The van der Waals surface area contributed by atoms with Gasteiger partial charge in [0.15, 0.2) is 11.4 Å². The molecular weight excluding hydrogens is 408 g/mol. The van der Waals surface area contributed by atoms with Crippen LogP contribution in [-0.4, -0.2) is 49.4 Å². The first kappa shape index (κ1) is 20.6. The molecule has 31 heavy (non-hydrogen) atoms. The third-order valence-electron chi connectivity index (χ3n) is 6.25. The number of ketones is 2. The second-order valence-electron chi connectivity index (χ2n) is 8.08. The number of nitrogens with one attached hydrogen (secondary N) is 1. The molecule has 2 amide bonds. The Morgan fingerprint density at radius 2 is 1.84 bits per heavy atom. The van der Waals surface area contributed by atoms with Crippen molar-refractivity contribution in [3.05, 3.63) is 40.2 Å². The van der Waals surface area contributed by atoms with E-state index in [2.05, 4.69) is 5.32 Å². The molecule has 0 spiro atoms. The van der Waals surface area contributed by atoms with Crippen molar-refractivity contribution in [2.24, 2.45) is 17.6 Å². The minimum atomic E-state index is -2.60. The van der Waals surface area contributed by atoms with Crippen LogP contribution in [0.2, 0.25) is 0 Å². The molecule has 0 radical (unpaired) electrons. The van der Waals surface area contributed by atoms with Gasteiger partial charge < -0.3 is 31.5 Å². The smallest absolute Gasteiger partial charge is 0.255 e. The zero-order valence-electron chi connectivity index (χ0n) is 16.4. The van der Waals surface area contributed by atoms with Crippen molar-refractivity contribution in [3.8, 4) is 5.75 Å². The molecule has 3 aliphatic carbocycles. The number of benzene rings is 1. The van der Waals surface area contributed by atoms with E-state index in [4.69, 9.17) is 5.73 Å². The summed E-state index contributed by atoms with van der Waals surface area (Å²) in [5.74, 6) is -7.32. The van der Waals surface area contributed by atoms with Crippen molar-refractivity contribution in [2.75, 3.05) is 5.32 Å². The standard InChI is InChI=1S/C21H20N2O8/c1-7(24)23-11-3-2-8-4-9-5-10-6-12(25)15(20(22)30)19(29)21(10,31)18(28)14(9)17(27)13(8)16(11)26/h2-3,9-10,26-27,29,31H,4-6H2,1H3,(H2,22,30)(H,23,24). The second-order valence-corrected chi connectivity index (χ2v) is 8.08. The summed E-state index contributed by atoms with van der Waals surface area (Å²) in [6.45, 7) is 1.24. The number of phenolic OH excluding ortho intramolecular Hbond substituents is 1.